The van der Waals surface area contributed by atoms with Gasteiger partial charge in [0.05, 0.1) is 6.54 Å². The second kappa shape index (κ2) is 10.6. The van der Waals surface area contributed by atoms with E-state index in [1.54, 1.807) is 0 Å². The van der Waals surface area contributed by atoms with E-state index in [0.29, 0.717) is 6.04 Å². The van der Waals surface area contributed by atoms with Crippen LogP contribution in [0.2, 0.25) is 0 Å². The van der Waals surface area contributed by atoms with Crippen molar-refractivity contribution < 1.29 is 9.28 Å². The molecule has 1 saturated heterocycles. The molecule has 3 aromatic carbocycles. The number of hydrogen-bond donors (Lipinski definition) is 1. The smallest absolute Gasteiger partial charge is 0.282 e. The number of amides is 1. The number of nitrogens with one attached hydrogen (secondary N) is 1. The molecule has 0 aliphatic carbocycles. The van der Waals surface area contributed by atoms with Crippen LogP contribution < -0.4 is 5.32 Å². The summed E-state index contributed by atoms with van der Waals surface area (Å²) in [5, 5.41) is 3.36. The number of carbonyl (C=O) groups is 1. The van der Waals surface area contributed by atoms with Crippen molar-refractivity contribution in [3.63, 3.8) is 0 Å². The normalized spacial score (nSPS) is 21.1. The number of benzene rings is 3. The molecule has 34 heavy (non-hydrogen) atoms. The maximum Gasteiger partial charge on any atom is 0.282 e. The van der Waals surface area contributed by atoms with Crippen molar-refractivity contribution in [1.29, 1.82) is 0 Å². The lowest BCUT2D eigenvalue weighted by atomic mass is 9.87. The first-order chi connectivity index (χ1) is 16.4. The average molecular weight is 456 g/mol. The molecule has 3 atom stereocenters. The van der Waals surface area contributed by atoms with E-state index < -0.39 is 0 Å². The fraction of sp³-hybridized carbons (Fsp3) is 0.387. The van der Waals surface area contributed by atoms with Crippen LogP contribution in [0.5, 0.6) is 0 Å². The molecule has 1 fully saturated rings. The maximum atomic E-state index is 14.0. The van der Waals surface area contributed by atoms with Gasteiger partial charge in [0.2, 0.25) is 0 Å². The Bertz CT molecular complexity index is 1090. The van der Waals surface area contributed by atoms with Gasteiger partial charge in [0.25, 0.3) is 5.91 Å². The number of aryl methyl sites for hydroxylation is 3. The molecule has 3 aromatic rings. The van der Waals surface area contributed by atoms with Crippen LogP contribution in [-0.4, -0.2) is 23.0 Å². The summed E-state index contributed by atoms with van der Waals surface area (Å²) in [4.78, 5) is 14.0. The Hall–Kier alpha value is -2.91. The Morgan fingerprint density at radius 2 is 1.59 bits per heavy atom. The minimum Gasteiger partial charge on any atom is -0.320 e. The van der Waals surface area contributed by atoms with E-state index in [9.17, 15) is 4.79 Å². The van der Waals surface area contributed by atoms with Crippen molar-refractivity contribution >= 4 is 11.6 Å². The molecule has 3 nitrogen and oxygen atoms in total. The summed E-state index contributed by atoms with van der Waals surface area (Å²) in [5.74, 6) is 0.148. The van der Waals surface area contributed by atoms with Gasteiger partial charge in [0, 0.05) is 29.7 Å². The molecule has 3 heteroatoms. The van der Waals surface area contributed by atoms with E-state index in [2.05, 4.69) is 106 Å². The minimum atomic E-state index is -0.120. The summed E-state index contributed by atoms with van der Waals surface area (Å²) >= 11 is 0. The number of nitrogens with zero attached hydrogens (tertiary/aromatic N) is 1. The summed E-state index contributed by atoms with van der Waals surface area (Å²) in [5.41, 5.74) is 7.14. The number of para-hydroxylation sites is 1. The topological polar surface area (TPSA) is 29.1 Å². The molecule has 1 aliphatic rings. The third-order valence-electron chi connectivity index (χ3n) is 7.74. The van der Waals surface area contributed by atoms with Gasteiger partial charge in [0.15, 0.2) is 6.04 Å². The lowest BCUT2D eigenvalue weighted by Gasteiger charge is -2.52. The molecule has 1 aliphatic heterocycles. The second-order valence-electron chi connectivity index (χ2n) is 10.1. The van der Waals surface area contributed by atoms with Crippen LogP contribution in [0, 0.1) is 20.8 Å². The van der Waals surface area contributed by atoms with Gasteiger partial charge < -0.3 is 9.80 Å². The largest absolute Gasteiger partial charge is 0.320 e. The molecule has 4 rings (SSSR count). The number of likely N-dealkylation sites (tertiary alicyclic amines) is 1. The van der Waals surface area contributed by atoms with Gasteiger partial charge in [-0.25, -0.2) is 0 Å². The van der Waals surface area contributed by atoms with Crippen molar-refractivity contribution in [2.45, 2.75) is 72.0 Å². The zero-order chi connectivity index (χ0) is 24.1. The Morgan fingerprint density at radius 3 is 2.24 bits per heavy atom. The molecule has 0 saturated carbocycles. The van der Waals surface area contributed by atoms with Crippen LogP contribution >= 0.6 is 0 Å². The minimum absolute atomic E-state index is 0.120. The van der Waals surface area contributed by atoms with Crippen LogP contribution in [0.4, 0.5) is 5.69 Å². The van der Waals surface area contributed by atoms with E-state index in [1.807, 2.05) is 0 Å². The average Bonchev–Trinajstić information content (AvgIpc) is 2.84. The zero-order valence-electron chi connectivity index (χ0n) is 21.2. The van der Waals surface area contributed by atoms with Crippen LogP contribution in [-0.2, 0) is 11.3 Å². The zero-order valence-corrected chi connectivity index (χ0v) is 21.2. The fourth-order valence-corrected chi connectivity index (χ4v) is 6.00. The summed E-state index contributed by atoms with van der Waals surface area (Å²) in [6.45, 7) is 10.4. The monoisotopic (exact) mass is 455 g/mol. The summed E-state index contributed by atoms with van der Waals surface area (Å²) in [7, 11) is 0. The Kier molecular flexibility index (Phi) is 7.53. The molecular formula is C31H39N2O+. The highest BCUT2D eigenvalue weighted by atomic mass is 16.2. The van der Waals surface area contributed by atoms with E-state index in [4.69, 9.17) is 0 Å². The molecule has 0 aromatic heterocycles. The van der Waals surface area contributed by atoms with Crippen LogP contribution in [0.1, 0.15) is 66.5 Å². The molecule has 0 spiro atoms. The first-order valence-corrected chi connectivity index (χ1v) is 12.8. The number of piperidine rings is 1. The molecule has 0 bridgehead atoms. The van der Waals surface area contributed by atoms with Crippen molar-refractivity contribution in [3.05, 3.63) is 101 Å². The second-order valence-corrected chi connectivity index (χ2v) is 10.1. The van der Waals surface area contributed by atoms with Crippen molar-refractivity contribution in [2.24, 2.45) is 0 Å². The lowest BCUT2D eigenvalue weighted by molar-refractivity contribution is -0.987. The van der Waals surface area contributed by atoms with Gasteiger partial charge in [-0.3, -0.25) is 4.79 Å². The molecular weight excluding hydrogens is 416 g/mol. The Morgan fingerprint density at radius 1 is 0.912 bits per heavy atom. The number of rotatable bonds is 7. The van der Waals surface area contributed by atoms with E-state index in [1.165, 1.54) is 23.1 Å². The van der Waals surface area contributed by atoms with Crippen molar-refractivity contribution in [1.82, 2.24) is 0 Å². The van der Waals surface area contributed by atoms with Crippen molar-refractivity contribution in [2.75, 3.05) is 11.9 Å². The number of quaternary nitrogens is 1. The molecule has 178 valence electrons. The predicted molar refractivity (Wildman–Crippen MR) is 142 cm³/mol. The number of carbonyl (C=O) groups excluding carboxylic acids is 1. The third kappa shape index (κ3) is 4.95. The van der Waals surface area contributed by atoms with E-state index >= 15 is 0 Å². The van der Waals surface area contributed by atoms with Crippen molar-refractivity contribution in [3.8, 4) is 0 Å². The molecule has 1 N–H and O–H groups in total. The summed E-state index contributed by atoms with van der Waals surface area (Å²) in [6, 6.07) is 26.2. The van der Waals surface area contributed by atoms with E-state index in [-0.39, 0.29) is 11.9 Å². The van der Waals surface area contributed by atoms with Gasteiger partial charge in [-0.15, -0.1) is 0 Å². The highest BCUT2D eigenvalue weighted by Gasteiger charge is 2.48. The lowest BCUT2D eigenvalue weighted by Crippen LogP contribution is -2.62. The molecule has 1 heterocycles. The maximum absolute atomic E-state index is 14.0. The molecule has 3 unspecified atom stereocenters. The number of hydrogen-bond acceptors (Lipinski definition) is 1. The Labute approximate surface area is 205 Å². The molecule has 1 amide bonds. The molecule has 0 radical (unpaired) electrons. The standard InChI is InChI=1S/C31H38N2O/c1-5-28(31(34)32-30-24(3)12-11-13-25(30)4)33(22-26-19-17-23(2)18-20-26)21-10-9-16-29(33)27-14-7-6-8-15-27/h6-8,11-15,17-20,28-29H,5,9-10,16,21-22H2,1-4H3/p+1. The van der Waals surface area contributed by atoms with Crippen LogP contribution in [0.3, 0.4) is 0 Å². The third-order valence-corrected chi connectivity index (χ3v) is 7.74. The SMILES string of the molecule is CCC(C(=O)Nc1c(C)cccc1C)[N+]1(Cc2ccc(C)cc2)CCCCC1c1ccccc1. The van der Waals surface area contributed by atoms with Crippen LogP contribution in [0.25, 0.3) is 0 Å². The quantitative estimate of drug-likeness (QED) is 0.373. The highest BCUT2D eigenvalue weighted by Crippen LogP contribution is 2.43. The highest BCUT2D eigenvalue weighted by molar-refractivity contribution is 5.95. The summed E-state index contributed by atoms with van der Waals surface area (Å²) in [6.07, 6.45) is 4.29. The predicted octanol–water partition coefficient (Wildman–Crippen LogP) is 7.27. The van der Waals surface area contributed by atoms with Gasteiger partial charge in [0.1, 0.15) is 12.6 Å². The Balaban J connectivity index is 1.78. The van der Waals surface area contributed by atoms with Gasteiger partial charge in [-0.1, -0.05) is 85.3 Å². The van der Waals surface area contributed by atoms with Gasteiger partial charge >= 0.3 is 0 Å². The fourth-order valence-electron chi connectivity index (χ4n) is 6.00. The number of anilines is 1. The van der Waals surface area contributed by atoms with E-state index in [0.717, 1.165) is 53.6 Å². The first kappa shape index (κ1) is 24.2. The van der Waals surface area contributed by atoms with Gasteiger partial charge in [-0.2, -0.15) is 0 Å². The first-order valence-electron chi connectivity index (χ1n) is 12.8. The van der Waals surface area contributed by atoms with Crippen LogP contribution in [0.15, 0.2) is 72.8 Å². The van der Waals surface area contributed by atoms with Gasteiger partial charge in [-0.05, 0) is 44.7 Å². The summed E-state index contributed by atoms with van der Waals surface area (Å²) < 4.78 is 0.792.